The Hall–Kier alpha value is -2.18. The molecule has 7 heteroatoms. The summed E-state index contributed by atoms with van der Waals surface area (Å²) in [6.07, 6.45) is 3.70. The van der Waals surface area contributed by atoms with E-state index in [9.17, 15) is 4.79 Å². The highest BCUT2D eigenvalue weighted by molar-refractivity contribution is 5.79. The Kier molecular flexibility index (Phi) is 3.47. The highest BCUT2D eigenvalue weighted by atomic mass is 16.5. The molecule has 4 rings (SSSR count). The quantitative estimate of drug-likeness (QED) is 0.854. The number of amides is 1. The van der Waals surface area contributed by atoms with E-state index < -0.39 is 0 Å². The molecule has 1 aliphatic heterocycles. The number of carbonyl (C=O) groups excluding carboxylic acids is 1. The Bertz CT molecular complexity index is 780. The Labute approximate surface area is 141 Å². The van der Waals surface area contributed by atoms with E-state index in [4.69, 9.17) is 4.52 Å². The van der Waals surface area contributed by atoms with Crippen molar-refractivity contribution in [3.63, 3.8) is 0 Å². The minimum Gasteiger partial charge on any atom is -0.341 e. The highest BCUT2D eigenvalue weighted by Crippen LogP contribution is 2.49. The van der Waals surface area contributed by atoms with Crippen LogP contribution in [0.15, 0.2) is 10.6 Å². The molecule has 0 spiro atoms. The van der Waals surface area contributed by atoms with Crippen LogP contribution in [0, 0.1) is 19.8 Å². The molecule has 1 saturated heterocycles. The standard InChI is InChI=1S/C17H23N5O2/c1-11-7-14(21(3)19-11)8-15(23)22-9-13-5-4-6-17(13,10-22)16-18-12(2)20-24-16/h7,13H,4-6,8-10H2,1-3H3/t13-,17-/m0/s1. The fraction of sp³-hybridized carbons (Fsp3) is 0.647. The molecule has 7 nitrogen and oxygen atoms in total. The lowest BCUT2D eigenvalue weighted by Gasteiger charge is -2.24. The van der Waals surface area contributed by atoms with Crippen LogP contribution in [-0.4, -0.2) is 43.8 Å². The van der Waals surface area contributed by atoms with Crippen molar-refractivity contribution in [2.24, 2.45) is 13.0 Å². The molecular weight excluding hydrogens is 306 g/mol. The van der Waals surface area contributed by atoms with Crippen molar-refractivity contribution in [2.75, 3.05) is 13.1 Å². The van der Waals surface area contributed by atoms with Gasteiger partial charge in [0.1, 0.15) is 0 Å². The Morgan fingerprint density at radius 1 is 1.46 bits per heavy atom. The summed E-state index contributed by atoms with van der Waals surface area (Å²) in [7, 11) is 1.89. The van der Waals surface area contributed by atoms with Crippen molar-refractivity contribution in [3.8, 4) is 0 Å². The molecule has 0 bridgehead atoms. The van der Waals surface area contributed by atoms with Gasteiger partial charge in [-0.05, 0) is 38.7 Å². The molecule has 1 amide bonds. The maximum Gasteiger partial charge on any atom is 0.234 e. The molecule has 0 aromatic carbocycles. The van der Waals surface area contributed by atoms with Crippen molar-refractivity contribution < 1.29 is 9.32 Å². The van der Waals surface area contributed by atoms with Crippen molar-refractivity contribution in [1.29, 1.82) is 0 Å². The van der Waals surface area contributed by atoms with Gasteiger partial charge in [-0.2, -0.15) is 10.1 Å². The first-order chi connectivity index (χ1) is 11.5. The molecule has 0 radical (unpaired) electrons. The molecule has 2 fully saturated rings. The van der Waals surface area contributed by atoms with Crippen LogP contribution in [0.2, 0.25) is 0 Å². The Morgan fingerprint density at radius 2 is 2.29 bits per heavy atom. The smallest absolute Gasteiger partial charge is 0.234 e. The van der Waals surface area contributed by atoms with Gasteiger partial charge in [0, 0.05) is 25.8 Å². The van der Waals surface area contributed by atoms with Gasteiger partial charge in [-0.1, -0.05) is 11.6 Å². The number of fused-ring (bicyclic) bond motifs is 1. The first-order valence-electron chi connectivity index (χ1n) is 8.56. The summed E-state index contributed by atoms with van der Waals surface area (Å²) in [6.45, 7) is 5.27. The number of hydrogen-bond donors (Lipinski definition) is 0. The summed E-state index contributed by atoms with van der Waals surface area (Å²) < 4.78 is 7.30. The topological polar surface area (TPSA) is 77.0 Å². The fourth-order valence-electron chi connectivity index (χ4n) is 4.42. The van der Waals surface area contributed by atoms with Crippen LogP contribution in [0.3, 0.4) is 0 Å². The predicted octanol–water partition coefficient (Wildman–Crippen LogP) is 1.54. The molecule has 2 aromatic rings. The summed E-state index contributed by atoms with van der Waals surface area (Å²) in [6, 6.07) is 1.98. The number of rotatable bonds is 3. The Balaban J connectivity index is 1.54. The SMILES string of the molecule is Cc1cc(CC(=O)N2C[C@@H]3CCC[C@]3(c3nc(C)no3)C2)n(C)n1. The molecule has 24 heavy (non-hydrogen) atoms. The first-order valence-corrected chi connectivity index (χ1v) is 8.56. The lowest BCUT2D eigenvalue weighted by atomic mass is 9.80. The van der Waals surface area contributed by atoms with Crippen molar-refractivity contribution in [2.45, 2.75) is 44.9 Å². The molecule has 1 saturated carbocycles. The first kappa shape index (κ1) is 15.4. The van der Waals surface area contributed by atoms with Crippen LogP contribution in [0.5, 0.6) is 0 Å². The summed E-state index contributed by atoms with van der Waals surface area (Å²) >= 11 is 0. The minimum atomic E-state index is -0.140. The number of carbonyl (C=O) groups is 1. The second kappa shape index (κ2) is 5.43. The lowest BCUT2D eigenvalue weighted by molar-refractivity contribution is -0.129. The zero-order chi connectivity index (χ0) is 16.9. The molecule has 2 aromatic heterocycles. The molecular formula is C17H23N5O2. The maximum atomic E-state index is 12.8. The largest absolute Gasteiger partial charge is 0.341 e. The van der Waals surface area contributed by atoms with Gasteiger partial charge in [0.2, 0.25) is 11.8 Å². The van der Waals surface area contributed by atoms with Gasteiger partial charge in [0.05, 0.1) is 17.5 Å². The van der Waals surface area contributed by atoms with E-state index in [2.05, 4.69) is 15.2 Å². The van der Waals surface area contributed by atoms with Crippen molar-refractivity contribution >= 4 is 5.91 Å². The molecule has 3 heterocycles. The predicted molar refractivity (Wildman–Crippen MR) is 86.3 cm³/mol. The summed E-state index contributed by atoms with van der Waals surface area (Å²) in [5.41, 5.74) is 1.76. The number of likely N-dealkylation sites (tertiary alicyclic amines) is 1. The zero-order valence-electron chi connectivity index (χ0n) is 14.4. The third-order valence-electron chi connectivity index (χ3n) is 5.61. The molecule has 128 valence electrons. The van der Waals surface area contributed by atoms with E-state index in [1.54, 1.807) is 4.68 Å². The number of hydrogen-bond acceptors (Lipinski definition) is 5. The maximum absolute atomic E-state index is 12.8. The van der Waals surface area contributed by atoms with E-state index in [0.29, 0.717) is 30.6 Å². The molecule has 1 aliphatic carbocycles. The van der Waals surface area contributed by atoms with Crippen LogP contribution >= 0.6 is 0 Å². The van der Waals surface area contributed by atoms with Gasteiger partial charge in [0.25, 0.3) is 0 Å². The fourth-order valence-corrected chi connectivity index (χ4v) is 4.42. The second-order valence-electron chi connectivity index (χ2n) is 7.24. The van der Waals surface area contributed by atoms with E-state index in [-0.39, 0.29) is 11.3 Å². The van der Waals surface area contributed by atoms with Crippen LogP contribution in [-0.2, 0) is 23.7 Å². The third kappa shape index (κ3) is 2.34. The van der Waals surface area contributed by atoms with Gasteiger partial charge in [-0.25, -0.2) is 0 Å². The summed E-state index contributed by atoms with van der Waals surface area (Å²) in [4.78, 5) is 19.3. The number of aryl methyl sites for hydroxylation is 3. The van der Waals surface area contributed by atoms with Crippen LogP contribution in [0.25, 0.3) is 0 Å². The second-order valence-corrected chi connectivity index (χ2v) is 7.24. The molecule has 0 unspecified atom stereocenters. The third-order valence-corrected chi connectivity index (χ3v) is 5.61. The molecule has 0 N–H and O–H groups in total. The van der Waals surface area contributed by atoms with Crippen LogP contribution in [0.4, 0.5) is 0 Å². The van der Waals surface area contributed by atoms with E-state index >= 15 is 0 Å². The van der Waals surface area contributed by atoms with E-state index in [1.807, 2.05) is 31.9 Å². The average Bonchev–Trinajstić information content (AvgIpc) is 3.23. The van der Waals surface area contributed by atoms with Gasteiger partial charge < -0.3 is 9.42 Å². The normalized spacial score (nSPS) is 26.1. The van der Waals surface area contributed by atoms with Gasteiger partial charge >= 0.3 is 0 Å². The average molecular weight is 329 g/mol. The zero-order valence-corrected chi connectivity index (χ0v) is 14.4. The number of aromatic nitrogens is 4. The summed E-state index contributed by atoms with van der Waals surface area (Å²) in [5, 5.41) is 8.29. The van der Waals surface area contributed by atoms with Crippen molar-refractivity contribution in [3.05, 3.63) is 29.2 Å². The minimum absolute atomic E-state index is 0.140. The van der Waals surface area contributed by atoms with Gasteiger partial charge in [-0.3, -0.25) is 9.48 Å². The van der Waals surface area contributed by atoms with Crippen molar-refractivity contribution in [1.82, 2.24) is 24.8 Å². The van der Waals surface area contributed by atoms with E-state index in [0.717, 1.165) is 37.2 Å². The number of nitrogens with zero attached hydrogens (tertiary/aromatic N) is 5. The lowest BCUT2D eigenvalue weighted by Crippen LogP contribution is -2.35. The summed E-state index contributed by atoms with van der Waals surface area (Å²) in [5.74, 6) is 1.96. The molecule has 2 aliphatic rings. The Morgan fingerprint density at radius 3 is 2.96 bits per heavy atom. The van der Waals surface area contributed by atoms with Crippen LogP contribution in [0.1, 0.15) is 42.4 Å². The van der Waals surface area contributed by atoms with Gasteiger partial charge in [0.15, 0.2) is 5.82 Å². The molecule has 2 atom stereocenters. The highest BCUT2D eigenvalue weighted by Gasteiger charge is 2.55. The van der Waals surface area contributed by atoms with Gasteiger partial charge in [-0.15, -0.1) is 0 Å². The monoisotopic (exact) mass is 329 g/mol. The van der Waals surface area contributed by atoms with E-state index in [1.165, 1.54) is 0 Å². The van der Waals surface area contributed by atoms with Crippen LogP contribution < -0.4 is 0 Å².